The van der Waals surface area contributed by atoms with Crippen LogP contribution in [0.3, 0.4) is 0 Å². The molecule has 4 unspecified atom stereocenters. The van der Waals surface area contributed by atoms with Gasteiger partial charge in [0.2, 0.25) is 17.7 Å². The molecule has 0 aliphatic carbocycles. The van der Waals surface area contributed by atoms with Crippen LogP contribution in [0.25, 0.3) is 10.9 Å². The van der Waals surface area contributed by atoms with E-state index in [0.717, 1.165) is 29.4 Å². The average Bonchev–Trinajstić information content (AvgIpc) is 3.56. The van der Waals surface area contributed by atoms with Crippen LogP contribution in [0.15, 0.2) is 30.5 Å². The van der Waals surface area contributed by atoms with Crippen LogP contribution < -0.4 is 21.3 Å². The zero-order valence-corrected chi connectivity index (χ0v) is 23.0. The molecule has 2 aromatic rings. The fourth-order valence-electron chi connectivity index (χ4n) is 4.65. The Morgan fingerprint density at radius 1 is 1.05 bits per heavy atom. The van der Waals surface area contributed by atoms with Crippen LogP contribution in [0, 0.1) is 5.92 Å². The Morgan fingerprint density at radius 2 is 1.76 bits per heavy atom. The zero-order chi connectivity index (χ0) is 27.7. The van der Waals surface area contributed by atoms with Crippen LogP contribution in [-0.2, 0) is 25.6 Å². The molecule has 0 saturated carbocycles. The van der Waals surface area contributed by atoms with Gasteiger partial charge in [-0.05, 0) is 61.8 Å². The average molecular weight is 546 g/mol. The summed E-state index contributed by atoms with van der Waals surface area (Å²) >= 11 is 1.52. The van der Waals surface area contributed by atoms with Crippen LogP contribution in [-0.4, -0.2) is 76.5 Å². The molecule has 1 aromatic heterocycles. The number of thioether (sulfide) groups is 1. The first-order valence-corrected chi connectivity index (χ1v) is 14.5. The van der Waals surface area contributed by atoms with Gasteiger partial charge in [0.25, 0.3) is 0 Å². The standard InChI is InChI=1S/C27H39N5O5S/c1-16(2)13-22(31-24(33)20-9-6-11-28-20)26(35)30-21(10-12-38-3)25(34)32-23(27(36)37)14-17-15-29-19-8-5-4-7-18(17)19/h4-5,7-8,15-16,20-23,28-29H,6,9-14H2,1-3H3,(H,30,35)(H,31,33)(H,32,34)(H,36,37). The van der Waals surface area contributed by atoms with Crippen LogP contribution in [0.1, 0.15) is 45.1 Å². The Morgan fingerprint density at radius 3 is 2.42 bits per heavy atom. The smallest absolute Gasteiger partial charge is 0.326 e. The Balaban J connectivity index is 1.70. The predicted molar refractivity (Wildman–Crippen MR) is 149 cm³/mol. The third-order valence-electron chi connectivity index (χ3n) is 6.67. The summed E-state index contributed by atoms with van der Waals surface area (Å²) in [6, 6.07) is 4.33. The molecule has 0 bridgehead atoms. The number of carboxylic acid groups (broad SMARTS) is 1. The van der Waals surface area contributed by atoms with Crippen molar-refractivity contribution in [2.45, 2.75) is 70.1 Å². The van der Waals surface area contributed by atoms with E-state index in [4.69, 9.17) is 0 Å². The first-order valence-electron chi connectivity index (χ1n) is 13.1. The highest BCUT2D eigenvalue weighted by Gasteiger charge is 2.32. The van der Waals surface area contributed by atoms with Crippen LogP contribution >= 0.6 is 11.8 Å². The Hall–Kier alpha value is -3.05. The quantitative estimate of drug-likeness (QED) is 0.212. The number of nitrogens with one attached hydrogen (secondary N) is 5. The number of amides is 3. The second-order valence-electron chi connectivity index (χ2n) is 10.1. The fraction of sp³-hybridized carbons (Fsp3) is 0.556. The van der Waals surface area contributed by atoms with Crippen molar-refractivity contribution < 1.29 is 24.3 Å². The van der Waals surface area contributed by atoms with Crippen molar-refractivity contribution in [3.63, 3.8) is 0 Å². The molecule has 3 amide bonds. The monoisotopic (exact) mass is 545 g/mol. The molecule has 10 nitrogen and oxygen atoms in total. The van der Waals surface area contributed by atoms with E-state index < -0.39 is 35.9 Å². The lowest BCUT2D eigenvalue weighted by Gasteiger charge is -2.26. The van der Waals surface area contributed by atoms with E-state index in [1.807, 2.05) is 44.4 Å². The number of rotatable bonds is 14. The number of aromatic amines is 1. The molecule has 0 radical (unpaired) electrons. The summed E-state index contributed by atoms with van der Waals surface area (Å²) < 4.78 is 0. The molecule has 11 heteroatoms. The van der Waals surface area contributed by atoms with Gasteiger partial charge in [-0.25, -0.2) is 4.79 Å². The van der Waals surface area contributed by atoms with Gasteiger partial charge in [-0.2, -0.15) is 11.8 Å². The molecule has 38 heavy (non-hydrogen) atoms. The highest BCUT2D eigenvalue weighted by molar-refractivity contribution is 7.98. The Bertz CT molecular complexity index is 1110. The lowest BCUT2D eigenvalue weighted by Crippen LogP contribution is -2.57. The van der Waals surface area contributed by atoms with Gasteiger partial charge in [0.05, 0.1) is 6.04 Å². The number of para-hydroxylation sites is 1. The maximum absolute atomic E-state index is 13.3. The largest absolute Gasteiger partial charge is 0.480 e. The summed E-state index contributed by atoms with van der Waals surface area (Å²) in [6.45, 7) is 4.68. The summed E-state index contributed by atoms with van der Waals surface area (Å²) in [4.78, 5) is 54.4. The molecule has 6 N–H and O–H groups in total. The van der Waals surface area contributed by atoms with Gasteiger partial charge in [0.1, 0.15) is 18.1 Å². The van der Waals surface area contributed by atoms with E-state index in [-0.39, 0.29) is 24.3 Å². The highest BCUT2D eigenvalue weighted by atomic mass is 32.2. The maximum Gasteiger partial charge on any atom is 0.326 e. The van der Waals surface area contributed by atoms with E-state index in [1.165, 1.54) is 11.8 Å². The van der Waals surface area contributed by atoms with Gasteiger partial charge in [-0.3, -0.25) is 14.4 Å². The van der Waals surface area contributed by atoms with Crippen molar-refractivity contribution in [1.29, 1.82) is 0 Å². The van der Waals surface area contributed by atoms with Crippen molar-refractivity contribution >= 4 is 46.4 Å². The van der Waals surface area contributed by atoms with Crippen LogP contribution in [0.2, 0.25) is 0 Å². The van der Waals surface area contributed by atoms with E-state index in [2.05, 4.69) is 26.3 Å². The van der Waals surface area contributed by atoms with Gasteiger partial charge < -0.3 is 31.4 Å². The summed E-state index contributed by atoms with van der Waals surface area (Å²) in [6.07, 6.45) is 6.09. The summed E-state index contributed by atoms with van der Waals surface area (Å²) in [7, 11) is 0. The topological polar surface area (TPSA) is 152 Å². The molecular weight excluding hydrogens is 506 g/mol. The Kier molecular flexibility index (Phi) is 11.0. The minimum atomic E-state index is -1.17. The second kappa shape index (κ2) is 14.2. The third-order valence-corrected chi connectivity index (χ3v) is 7.32. The number of aliphatic carboxylic acids is 1. The minimum absolute atomic E-state index is 0.0920. The number of fused-ring (bicyclic) bond motifs is 1. The van der Waals surface area contributed by atoms with E-state index in [0.29, 0.717) is 25.0 Å². The van der Waals surface area contributed by atoms with Crippen molar-refractivity contribution in [2.75, 3.05) is 18.6 Å². The molecule has 0 spiro atoms. The molecule has 208 valence electrons. The number of benzene rings is 1. The van der Waals surface area contributed by atoms with Crippen molar-refractivity contribution in [3.8, 4) is 0 Å². The molecule has 1 fully saturated rings. The summed E-state index contributed by atoms with van der Waals surface area (Å²) in [5.41, 5.74) is 1.66. The number of aromatic nitrogens is 1. The normalized spacial score (nSPS) is 17.6. The van der Waals surface area contributed by atoms with Crippen molar-refractivity contribution in [2.24, 2.45) is 5.92 Å². The number of carboxylic acids is 1. The van der Waals surface area contributed by atoms with Gasteiger partial charge in [0, 0.05) is 23.5 Å². The fourth-order valence-corrected chi connectivity index (χ4v) is 5.12. The first-order chi connectivity index (χ1) is 18.2. The van der Waals surface area contributed by atoms with Gasteiger partial charge >= 0.3 is 5.97 Å². The molecule has 1 aliphatic rings. The van der Waals surface area contributed by atoms with Crippen molar-refractivity contribution in [1.82, 2.24) is 26.3 Å². The van der Waals surface area contributed by atoms with Gasteiger partial charge in [-0.15, -0.1) is 0 Å². The molecular formula is C27H39N5O5S. The van der Waals surface area contributed by atoms with Gasteiger partial charge in [0.15, 0.2) is 0 Å². The van der Waals surface area contributed by atoms with E-state index >= 15 is 0 Å². The number of hydrogen-bond acceptors (Lipinski definition) is 6. The van der Waals surface area contributed by atoms with Gasteiger partial charge in [-0.1, -0.05) is 32.0 Å². The number of hydrogen-bond donors (Lipinski definition) is 6. The second-order valence-corrected chi connectivity index (χ2v) is 11.1. The predicted octanol–water partition coefficient (Wildman–Crippen LogP) is 1.80. The minimum Gasteiger partial charge on any atom is -0.480 e. The Labute approximate surface area is 227 Å². The van der Waals surface area contributed by atoms with Crippen molar-refractivity contribution in [3.05, 3.63) is 36.0 Å². The summed E-state index contributed by atoms with van der Waals surface area (Å²) in [5.74, 6) is -1.67. The lowest BCUT2D eigenvalue weighted by molar-refractivity contribution is -0.142. The number of H-pyrrole nitrogens is 1. The van der Waals surface area contributed by atoms with Crippen LogP contribution in [0.5, 0.6) is 0 Å². The molecule has 1 saturated heterocycles. The third kappa shape index (κ3) is 8.22. The summed E-state index contributed by atoms with van der Waals surface area (Å²) in [5, 5.41) is 22.1. The first kappa shape index (κ1) is 29.5. The lowest BCUT2D eigenvalue weighted by atomic mass is 10.0. The van der Waals surface area contributed by atoms with Crippen LogP contribution in [0.4, 0.5) is 0 Å². The van der Waals surface area contributed by atoms with E-state index in [9.17, 15) is 24.3 Å². The molecule has 3 rings (SSSR count). The molecule has 1 aliphatic heterocycles. The molecule has 1 aromatic carbocycles. The number of carbonyl (C=O) groups excluding carboxylic acids is 3. The molecule has 4 atom stereocenters. The van der Waals surface area contributed by atoms with E-state index in [1.54, 1.807) is 6.20 Å². The zero-order valence-electron chi connectivity index (χ0n) is 22.2. The maximum atomic E-state index is 13.3. The molecule has 2 heterocycles. The SMILES string of the molecule is CSCCC(NC(=O)C(CC(C)C)NC(=O)C1CCCN1)C(=O)NC(Cc1c[nH]c2ccccc12)C(=O)O. The highest BCUT2D eigenvalue weighted by Crippen LogP contribution is 2.19. The number of carbonyl (C=O) groups is 4.